The number of amides is 1. The molecule has 1 aliphatic carbocycles. The Labute approximate surface area is 181 Å². The van der Waals surface area contributed by atoms with Gasteiger partial charge in [0.25, 0.3) is 0 Å². The maximum absolute atomic E-state index is 11.7. The quantitative estimate of drug-likeness (QED) is 0.686. The molecule has 0 saturated carbocycles. The summed E-state index contributed by atoms with van der Waals surface area (Å²) in [6.07, 6.45) is 4.05. The molecule has 0 radical (unpaired) electrons. The zero-order valence-electron chi connectivity index (χ0n) is 17.2. The summed E-state index contributed by atoms with van der Waals surface area (Å²) in [7, 11) is 0. The van der Waals surface area contributed by atoms with Crippen molar-refractivity contribution in [1.29, 1.82) is 0 Å². The van der Waals surface area contributed by atoms with Gasteiger partial charge in [-0.1, -0.05) is 30.3 Å². The van der Waals surface area contributed by atoms with E-state index in [0.29, 0.717) is 0 Å². The summed E-state index contributed by atoms with van der Waals surface area (Å²) in [5, 5.41) is 1.28. The maximum Gasteiger partial charge on any atom is 0.224 e. The molecule has 156 valence electrons. The predicted molar refractivity (Wildman–Crippen MR) is 123 cm³/mol. The first-order chi connectivity index (χ1) is 14.7. The van der Waals surface area contributed by atoms with Crippen LogP contribution < -0.4 is 10.6 Å². The largest absolute Gasteiger partial charge is 0.369 e. The minimum absolute atomic E-state index is 0.0994. The minimum Gasteiger partial charge on any atom is -0.369 e. The normalized spacial score (nSPS) is 19.7. The number of benzene rings is 2. The number of rotatable bonds is 5. The Morgan fingerprint density at radius 3 is 2.80 bits per heavy atom. The van der Waals surface area contributed by atoms with Gasteiger partial charge in [-0.2, -0.15) is 4.37 Å². The number of piperazine rings is 1. The van der Waals surface area contributed by atoms with E-state index in [1.54, 1.807) is 11.5 Å². The number of primary amides is 1. The Balaban J connectivity index is 1.18. The van der Waals surface area contributed by atoms with Crippen LogP contribution in [-0.2, 0) is 17.6 Å². The van der Waals surface area contributed by atoms with Gasteiger partial charge in [-0.25, -0.2) is 0 Å². The summed E-state index contributed by atoms with van der Waals surface area (Å²) in [5.74, 6) is 0.862. The third kappa shape index (κ3) is 3.82. The summed E-state index contributed by atoms with van der Waals surface area (Å²) in [5.41, 5.74) is 9.44. The Bertz CT molecular complexity index is 1050. The van der Waals surface area contributed by atoms with Gasteiger partial charge < -0.3 is 10.6 Å². The third-order valence-electron chi connectivity index (χ3n) is 6.61. The van der Waals surface area contributed by atoms with E-state index >= 15 is 0 Å². The molecule has 1 amide bonds. The van der Waals surface area contributed by atoms with Gasteiger partial charge in [0.05, 0.1) is 10.6 Å². The fraction of sp³-hybridized carbons (Fsp3) is 0.417. The number of carbonyl (C=O) groups is 1. The Morgan fingerprint density at radius 2 is 1.97 bits per heavy atom. The van der Waals surface area contributed by atoms with Crippen LogP contribution in [0.4, 0.5) is 5.82 Å². The number of nitrogens with two attached hydrogens (primary N) is 1. The number of anilines is 1. The molecule has 6 heteroatoms. The summed E-state index contributed by atoms with van der Waals surface area (Å²) in [6.45, 7) is 5.27. The number of fused-ring (bicyclic) bond motifs is 2. The van der Waals surface area contributed by atoms with Crippen LogP contribution in [0.3, 0.4) is 0 Å². The number of aromatic nitrogens is 1. The SMILES string of the molecule is NC(=O)C1CCCc2cc(CCN3CCN(c4nsc5ccccc45)CC3)ccc21. The van der Waals surface area contributed by atoms with E-state index in [4.69, 9.17) is 10.1 Å². The zero-order chi connectivity index (χ0) is 20.5. The average molecular weight is 421 g/mol. The molecule has 0 bridgehead atoms. The average Bonchev–Trinajstić information content (AvgIpc) is 3.21. The summed E-state index contributed by atoms with van der Waals surface area (Å²) < 4.78 is 5.98. The topological polar surface area (TPSA) is 62.5 Å². The molecule has 1 fully saturated rings. The molecule has 2 aromatic carbocycles. The summed E-state index contributed by atoms with van der Waals surface area (Å²) in [4.78, 5) is 16.7. The molecule has 2 heterocycles. The van der Waals surface area contributed by atoms with Crippen LogP contribution in [0, 0.1) is 0 Å². The second kappa shape index (κ2) is 8.36. The van der Waals surface area contributed by atoms with Crippen LogP contribution >= 0.6 is 11.5 Å². The van der Waals surface area contributed by atoms with Crippen molar-refractivity contribution in [2.45, 2.75) is 31.6 Å². The third-order valence-corrected chi connectivity index (χ3v) is 7.43. The van der Waals surface area contributed by atoms with Crippen LogP contribution in [0.5, 0.6) is 0 Å². The van der Waals surface area contributed by atoms with Crippen molar-refractivity contribution in [3.8, 4) is 0 Å². The monoisotopic (exact) mass is 420 g/mol. The highest BCUT2D eigenvalue weighted by Crippen LogP contribution is 2.32. The lowest BCUT2D eigenvalue weighted by atomic mass is 9.81. The van der Waals surface area contributed by atoms with Crippen molar-refractivity contribution in [3.05, 3.63) is 59.2 Å². The van der Waals surface area contributed by atoms with Gasteiger partial charge in [-0.3, -0.25) is 9.69 Å². The first-order valence-corrected chi connectivity index (χ1v) is 11.7. The molecule has 5 rings (SSSR count). The van der Waals surface area contributed by atoms with Gasteiger partial charge in [0.15, 0.2) is 0 Å². The van der Waals surface area contributed by atoms with E-state index < -0.39 is 0 Å². The van der Waals surface area contributed by atoms with Gasteiger partial charge in [0.2, 0.25) is 5.91 Å². The van der Waals surface area contributed by atoms with Crippen LogP contribution in [0.15, 0.2) is 42.5 Å². The van der Waals surface area contributed by atoms with Crippen LogP contribution in [0.25, 0.3) is 10.1 Å². The number of hydrogen-bond donors (Lipinski definition) is 1. The van der Waals surface area contributed by atoms with Gasteiger partial charge in [0.1, 0.15) is 5.82 Å². The van der Waals surface area contributed by atoms with Crippen molar-refractivity contribution >= 4 is 33.3 Å². The predicted octanol–water partition coefficient (Wildman–Crippen LogP) is 3.57. The van der Waals surface area contributed by atoms with Crippen molar-refractivity contribution in [3.63, 3.8) is 0 Å². The lowest BCUT2D eigenvalue weighted by Crippen LogP contribution is -2.47. The van der Waals surface area contributed by atoms with E-state index in [2.05, 4.69) is 52.3 Å². The van der Waals surface area contributed by atoms with Crippen molar-refractivity contribution in [1.82, 2.24) is 9.27 Å². The van der Waals surface area contributed by atoms with E-state index in [1.807, 2.05) is 0 Å². The van der Waals surface area contributed by atoms with E-state index in [1.165, 1.54) is 21.2 Å². The van der Waals surface area contributed by atoms with Crippen molar-refractivity contribution < 1.29 is 4.79 Å². The molecular formula is C24H28N4OS. The van der Waals surface area contributed by atoms with E-state index in [9.17, 15) is 4.79 Å². The first-order valence-electron chi connectivity index (χ1n) is 10.9. The van der Waals surface area contributed by atoms with Crippen molar-refractivity contribution in [2.75, 3.05) is 37.6 Å². The maximum atomic E-state index is 11.7. The van der Waals surface area contributed by atoms with Crippen molar-refractivity contribution in [2.24, 2.45) is 5.73 Å². The molecule has 30 heavy (non-hydrogen) atoms. The molecule has 2 aliphatic rings. The highest BCUT2D eigenvalue weighted by atomic mass is 32.1. The molecule has 1 aromatic heterocycles. The first kappa shape index (κ1) is 19.5. The lowest BCUT2D eigenvalue weighted by Gasteiger charge is -2.35. The van der Waals surface area contributed by atoms with Gasteiger partial charge >= 0.3 is 0 Å². The standard InChI is InChI=1S/C24H28N4OS/c25-23(29)20-6-3-4-18-16-17(8-9-19(18)20)10-11-27-12-14-28(15-13-27)24-21-5-1-2-7-22(21)30-26-24/h1-2,5,7-9,16,20H,3-4,6,10-15H2,(H2,25,29). The molecule has 1 atom stereocenters. The van der Waals surface area contributed by atoms with Crippen LogP contribution in [0.1, 0.15) is 35.4 Å². The Kier molecular flexibility index (Phi) is 5.44. The van der Waals surface area contributed by atoms with Gasteiger partial charge in [-0.15, -0.1) is 0 Å². The Morgan fingerprint density at radius 1 is 1.13 bits per heavy atom. The lowest BCUT2D eigenvalue weighted by molar-refractivity contribution is -0.119. The molecule has 1 saturated heterocycles. The molecule has 0 spiro atoms. The fourth-order valence-corrected chi connectivity index (χ4v) is 5.69. The second-order valence-electron chi connectivity index (χ2n) is 8.46. The number of carbonyl (C=O) groups excluding carboxylic acids is 1. The molecule has 2 N–H and O–H groups in total. The minimum atomic E-state index is -0.186. The van der Waals surface area contributed by atoms with Crippen LogP contribution in [-0.4, -0.2) is 47.9 Å². The number of hydrogen-bond acceptors (Lipinski definition) is 5. The van der Waals surface area contributed by atoms with Gasteiger partial charge in [-0.05, 0) is 66.0 Å². The molecule has 5 nitrogen and oxygen atoms in total. The van der Waals surface area contributed by atoms with E-state index in [0.717, 1.165) is 69.8 Å². The molecule has 3 aromatic rings. The molecule has 1 aliphatic heterocycles. The molecule has 1 unspecified atom stereocenters. The summed E-state index contributed by atoms with van der Waals surface area (Å²) >= 11 is 1.59. The fourth-order valence-electron chi connectivity index (χ4n) is 4.89. The number of aryl methyl sites for hydroxylation is 1. The second-order valence-corrected chi connectivity index (χ2v) is 9.27. The summed E-state index contributed by atoms with van der Waals surface area (Å²) in [6, 6.07) is 15.2. The highest BCUT2D eigenvalue weighted by molar-refractivity contribution is 7.13. The number of nitrogens with zero attached hydrogens (tertiary/aromatic N) is 3. The molecular weight excluding hydrogens is 392 g/mol. The van der Waals surface area contributed by atoms with Crippen LogP contribution in [0.2, 0.25) is 0 Å². The Hall–Kier alpha value is -2.44. The highest BCUT2D eigenvalue weighted by Gasteiger charge is 2.25. The zero-order valence-corrected chi connectivity index (χ0v) is 18.0. The van der Waals surface area contributed by atoms with E-state index in [-0.39, 0.29) is 11.8 Å². The smallest absolute Gasteiger partial charge is 0.224 e. The van der Waals surface area contributed by atoms with Gasteiger partial charge in [0, 0.05) is 38.1 Å².